The van der Waals surface area contributed by atoms with Crippen molar-refractivity contribution in [1.82, 2.24) is 34.4 Å². The van der Waals surface area contributed by atoms with Crippen LogP contribution in [0.25, 0.3) is 0 Å². The third kappa shape index (κ3) is 5.24. The number of halogens is 2. The van der Waals surface area contributed by atoms with Crippen LogP contribution in [-0.2, 0) is 38.0 Å². The van der Waals surface area contributed by atoms with E-state index in [-0.39, 0.29) is 11.1 Å². The van der Waals surface area contributed by atoms with E-state index in [1.165, 1.54) is 11.1 Å². The Morgan fingerprint density at radius 3 is 2.81 bits per heavy atom. The number of likely N-dealkylation sites (N-methyl/N-ethyl adjacent to an activating group) is 1. The monoisotopic (exact) mass is 664 g/mol. The SMILES string of the molecule is CN(C)C(O)c1nn2c(c1Cl)CN(c1nc(OC[C@]34CCCN3C[C@@H](F)C4)nc3c1CN(C)[C@@]1(CCCc4ccccc41)C3)CCC2. The van der Waals surface area contributed by atoms with Crippen LogP contribution >= 0.6 is 11.6 Å². The summed E-state index contributed by atoms with van der Waals surface area (Å²) in [6.45, 7) is 4.49. The molecule has 2 saturated heterocycles. The van der Waals surface area contributed by atoms with Crippen LogP contribution in [0.4, 0.5) is 10.2 Å². The van der Waals surface area contributed by atoms with Gasteiger partial charge in [-0.1, -0.05) is 35.9 Å². The Bertz CT molecular complexity index is 1670. The molecule has 4 aliphatic heterocycles. The second-order valence-corrected chi connectivity index (χ2v) is 15.1. The molecule has 0 radical (unpaired) electrons. The number of anilines is 1. The number of hydrogen-bond acceptors (Lipinski definition) is 9. The highest BCUT2D eigenvalue weighted by Gasteiger charge is 2.50. The zero-order chi connectivity index (χ0) is 32.5. The van der Waals surface area contributed by atoms with Crippen molar-refractivity contribution in [1.29, 1.82) is 0 Å². The van der Waals surface area contributed by atoms with Crippen molar-refractivity contribution in [2.45, 2.75) is 94.5 Å². The van der Waals surface area contributed by atoms with E-state index in [0.717, 1.165) is 80.8 Å². The number of ether oxygens (including phenoxy) is 1. The van der Waals surface area contributed by atoms with Gasteiger partial charge in [0.1, 0.15) is 24.3 Å². The second-order valence-electron chi connectivity index (χ2n) is 14.7. The number of fused-ring (bicyclic) bond motifs is 5. The number of hydrogen-bond donors (Lipinski definition) is 1. The minimum atomic E-state index is -0.889. The van der Waals surface area contributed by atoms with E-state index < -0.39 is 12.4 Å². The fraction of sp³-hybridized carbons (Fsp3) is 0.629. The number of aryl methyl sites for hydroxylation is 2. The summed E-state index contributed by atoms with van der Waals surface area (Å²) < 4.78 is 23.1. The first-order chi connectivity index (χ1) is 22.7. The highest BCUT2D eigenvalue weighted by Crippen LogP contribution is 2.47. The molecule has 1 spiro atoms. The Balaban J connectivity index is 1.18. The molecule has 4 atom stereocenters. The van der Waals surface area contributed by atoms with Gasteiger partial charge >= 0.3 is 6.01 Å². The fourth-order valence-electron chi connectivity index (χ4n) is 9.15. The lowest BCUT2D eigenvalue weighted by molar-refractivity contribution is 0.0353. The third-order valence-corrected chi connectivity index (χ3v) is 12.0. The number of aromatic nitrogens is 4. The molecule has 1 unspecified atom stereocenters. The molecule has 47 heavy (non-hydrogen) atoms. The number of nitrogens with zero attached hydrogens (tertiary/aromatic N) is 8. The molecule has 2 aromatic heterocycles. The van der Waals surface area contributed by atoms with E-state index >= 15 is 0 Å². The Labute approximate surface area is 281 Å². The van der Waals surface area contributed by atoms with E-state index in [1.807, 2.05) is 18.8 Å². The summed E-state index contributed by atoms with van der Waals surface area (Å²) in [5.41, 5.74) is 5.90. The third-order valence-electron chi connectivity index (χ3n) is 11.6. The van der Waals surface area contributed by atoms with Gasteiger partial charge in [0.25, 0.3) is 0 Å². The van der Waals surface area contributed by atoms with Gasteiger partial charge in [-0.15, -0.1) is 0 Å². The maximum absolute atomic E-state index is 14.6. The zero-order valence-electron chi connectivity index (χ0n) is 27.8. The minimum Gasteiger partial charge on any atom is -0.461 e. The van der Waals surface area contributed by atoms with Crippen LogP contribution < -0.4 is 9.64 Å². The average Bonchev–Trinajstić information content (AvgIpc) is 3.62. The molecule has 0 bridgehead atoms. The molecule has 8 rings (SSSR count). The number of benzene rings is 1. The molecule has 2 fully saturated rings. The number of alkyl halides is 1. The largest absolute Gasteiger partial charge is 0.461 e. The van der Waals surface area contributed by atoms with E-state index in [9.17, 15) is 9.50 Å². The van der Waals surface area contributed by atoms with Crippen LogP contribution in [-0.4, -0.2) is 98.6 Å². The van der Waals surface area contributed by atoms with Crippen molar-refractivity contribution in [2.24, 2.45) is 0 Å². The molecule has 12 heteroatoms. The average molecular weight is 665 g/mol. The van der Waals surface area contributed by atoms with Crippen molar-refractivity contribution < 1.29 is 14.2 Å². The van der Waals surface area contributed by atoms with Gasteiger partial charge in [0.2, 0.25) is 0 Å². The van der Waals surface area contributed by atoms with Crippen LogP contribution in [0, 0.1) is 0 Å². The smallest absolute Gasteiger partial charge is 0.318 e. The number of aliphatic hydroxyl groups excluding tert-OH is 1. The predicted molar refractivity (Wildman–Crippen MR) is 178 cm³/mol. The topological polar surface area (TPSA) is 86.0 Å². The fourth-order valence-corrected chi connectivity index (χ4v) is 9.44. The summed E-state index contributed by atoms with van der Waals surface area (Å²) in [7, 11) is 5.86. The molecule has 1 aliphatic carbocycles. The summed E-state index contributed by atoms with van der Waals surface area (Å²) >= 11 is 6.94. The highest BCUT2D eigenvalue weighted by atomic mass is 35.5. The summed E-state index contributed by atoms with van der Waals surface area (Å²) in [5.74, 6) is 0.867. The van der Waals surface area contributed by atoms with Gasteiger partial charge < -0.3 is 14.7 Å². The standard InChI is InChI=1S/C35H46ClFN8O2/c1-41(2)32(46)30-29(36)28-21-43(14-8-16-45(28)40-30)31-25-20-42(3)35(13-6-10-23-9-4-5-11-26(23)35)18-27(25)38-33(39-31)47-22-34-12-7-15-44(34)19-24(37)17-34/h4-5,9,11,24,32,46H,6-8,10,12-22H2,1-3H3/t24-,32?,34+,35-/m0/s1. The number of rotatable bonds is 6. The van der Waals surface area contributed by atoms with Gasteiger partial charge in [-0.2, -0.15) is 15.1 Å². The van der Waals surface area contributed by atoms with Crippen molar-refractivity contribution >= 4 is 17.4 Å². The van der Waals surface area contributed by atoms with Gasteiger partial charge in [-0.05, 0) is 77.3 Å². The quantitative estimate of drug-likeness (QED) is 0.384. The van der Waals surface area contributed by atoms with Gasteiger partial charge in [-0.3, -0.25) is 19.4 Å². The van der Waals surface area contributed by atoms with E-state index in [2.05, 4.69) is 46.0 Å². The molecule has 0 amide bonds. The molecule has 5 aliphatic rings. The Hall–Kier alpha value is -2.83. The molecule has 252 valence electrons. The lowest BCUT2D eigenvalue weighted by Gasteiger charge is -2.49. The minimum absolute atomic E-state index is 0.142. The van der Waals surface area contributed by atoms with Crippen molar-refractivity contribution in [3.8, 4) is 6.01 Å². The van der Waals surface area contributed by atoms with Gasteiger partial charge in [0.15, 0.2) is 6.23 Å². The molecule has 3 aromatic rings. The predicted octanol–water partition coefficient (Wildman–Crippen LogP) is 4.46. The maximum atomic E-state index is 14.6. The van der Waals surface area contributed by atoms with E-state index in [4.69, 9.17) is 31.4 Å². The molecule has 6 heterocycles. The first-order valence-corrected chi connectivity index (χ1v) is 17.6. The normalized spacial score (nSPS) is 28.2. The summed E-state index contributed by atoms with van der Waals surface area (Å²) in [6.07, 6.45) is 5.73. The van der Waals surface area contributed by atoms with Crippen molar-refractivity contribution in [3.63, 3.8) is 0 Å². The van der Waals surface area contributed by atoms with Crippen LogP contribution in [0.5, 0.6) is 6.01 Å². The van der Waals surface area contributed by atoms with Gasteiger partial charge in [0.05, 0.1) is 34.0 Å². The van der Waals surface area contributed by atoms with E-state index in [0.29, 0.717) is 55.9 Å². The molecule has 0 saturated carbocycles. The van der Waals surface area contributed by atoms with Gasteiger partial charge in [-0.25, -0.2) is 4.39 Å². The summed E-state index contributed by atoms with van der Waals surface area (Å²) in [4.78, 5) is 19.1. The summed E-state index contributed by atoms with van der Waals surface area (Å²) in [5, 5.41) is 16.0. The lowest BCUT2D eigenvalue weighted by atomic mass is 9.71. The van der Waals surface area contributed by atoms with Crippen molar-refractivity contribution in [3.05, 3.63) is 63.1 Å². The van der Waals surface area contributed by atoms with Crippen LogP contribution in [0.3, 0.4) is 0 Å². The first kappa shape index (κ1) is 31.4. The first-order valence-electron chi connectivity index (χ1n) is 17.2. The maximum Gasteiger partial charge on any atom is 0.318 e. The van der Waals surface area contributed by atoms with Gasteiger partial charge in [0, 0.05) is 44.6 Å². The Kier molecular flexibility index (Phi) is 7.99. The lowest BCUT2D eigenvalue weighted by Crippen LogP contribution is -2.51. The molecule has 10 nitrogen and oxygen atoms in total. The molecular weight excluding hydrogens is 619 g/mol. The zero-order valence-corrected chi connectivity index (χ0v) is 28.5. The number of aliphatic hydroxyl groups is 1. The summed E-state index contributed by atoms with van der Waals surface area (Å²) in [6, 6.07) is 9.26. The molecule has 1 N–H and O–H groups in total. The van der Waals surface area contributed by atoms with E-state index in [1.54, 1.807) is 4.90 Å². The van der Waals surface area contributed by atoms with Crippen LogP contribution in [0.1, 0.15) is 78.5 Å². The van der Waals surface area contributed by atoms with Crippen LogP contribution in [0.15, 0.2) is 24.3 Å². The molecular formula is C35H46ClFN8O2. The molecule has 1 aromatic carbocycles. The Morgan fingerprint density at radius 1 is 1.11 bits per heavy atom. The highest BCUT2D eigenvalue weighted by molar-refractivity contribution is 6.32. The second kappa shape index (κ2) is 11.9. The van der Waals surface area contributed by atoms with Crippen molar-refractivity contribution in [2.75, 3.05) is 52.3 Å². The Morgan fingerprint density at radius 2 is 1.96 bits per heavy atom. The van der Waals surface area contributed by atoms with Crippen LogP contribution in [0.2, 0.25) is 5.02 Å².